The Balaban J connectivity index is 1.40. The Bertz CT molecular complexity index is 194. The third-order valence-corrected chi connectivity index (χ3v) is 2.66. The number of hydrogen-bond donors (Lipinski definition) is 2. The lowest BCUT2D eigenvalue weighted by Gasteiger charge is -2.13. The van der Waals surface area contributed by atoms with E-state index in [-0.39, 0.29) is 12.2 Å². The van der Waals surface area contributed by atoms with Gasteiger partial charge in [-0.1, -0.05) is 0 Å². The van der Waals surface area contributed by atoms with Crippen LogP contribution in [0.3, 0.4) is 0 Å². The molecular weight excluding hydrogens is 228 g/mol. The second kappa shape index (κ2) is 6.63. The fourth-order valence-electron chi connectivity index (χ4n) is 1.40. The fourth-order valence-corrected chi connectivity index (χ4v) is 1.40. The number of epoxide rings is 2. The van der Waals surface area contributed by atoms with Crippen LogP contribution < -0.4 is 0 Å². The minimum absolute atomic E-state index is 0.164. The summed E-state index contributed by atoms with van der Waals surface area (Å²) in [4.78, 5) is 0. The highest BCUT2D eigenvalue weighted by Gasteiger charge is 2.24. The zero-order valence-corrected chi connectivity index (χ0v) is 9.79. The highest BCUT2D eigenvalue weighted by atomic mass is 16.6. The summed E-state index contributed by atoms with van der Waals surface area (Å²) in [5.41, 5.74) is 0. The Morgan fingerprint density at radius 2 is 1.35 bits per heavy atom. The lowest BCUT2D eigenvalue weighted by atomic mass is 10.2. The first kappa shape index (κ1) is 13.2. The van der Waals surface area contributed by atoms with Gasteiger partial charge in [-0.05, 0) is 19.3 Å². The van der Waals surface area contributed by atoms with Gasteiger partial charge in [0.1, 0.15) is 12.2 Å². The maximum absolute atomic E-state index is 9.45. The van der Waals surface area contributed by atoms with Crippen LogP contribution in [0.2, 0.25) is 0 Å². The molecule has 100 valence electrons. The van der Waals surface area contributed by atoms with E-state index in [1.807, 2.05) is 0 Å². The highest BCUT2D eigenvalue weighted by Crippen LogP contribution is 2.13. The molecule has 0 radical (unpaired) electrons. The van der Waals surface area contributed by atoms with Crippen molar-refractivity contribution in [2.24, 2.45) is 0 Å². The molecule has 4 atom stereocenters. The molecule has 6 nitrogen and oxygen atoms in total. The van der Waals surface area contributed by atoms with Gasteiger partial charge >= 0.3 is 0 Å². The molecule has 0 aromatic carbocycles. The van der Waals surface area contributed by atoms with Crippen LogP contribution in [0.4, 0.5) is 0 Å². The van der Waals surface area contributed by atoms with E-state index in [1.165, 1.54) is 0 Å². The summed E-state index contributed by atoms with van der Waals surface area (Å²) in [6.07, 6.45) is 0.407. The van der Waals surface area contributed by atoms with Crippen molar-refractivity contribution in [3.8, 4) is 0 Å². The maximum atomic E-state index is 9.45. The Morgan fingerprint density at radius 1 is 0.941 bits per heavy atom. The van der Waals surface area contributed by atoms with Crippen molar-refractivity contribution < 1.29 is 29.2 Å². The summed E-state index contributed by atoms with van der Waals surface area (Å²) >= 11 is 0. The Labute approximate surface area is 100 Å². The van der Waals surface area contributed by atoms with Gasteiger partial charge in [0.15, 0.2) is 12.6 Å². The Hall–Kier alpha value is -0.240. The van der Waals surface area contributed by atoms with Crippen LogP contribution in [-0.2, 0) is 18.9 Å². The molecule has 2 fully saturated rings. The highest BCUT2D eigenvalue weighted by molar-refractivity contribution is 4.68. The normalized spacial score (nSPS) is 30.0. The molecule has 0 amide bonds. The summed E-state index contributed by atoms with van der Waals surface area (Å²) in [5.74, 6) is 0. The molecule has 2 aliphatic heterocycles. The standard InChI is InChI=1S/C11H20O6/c12-10(16-6-8-4-14-8)2-1-3-11(13)17-7-9-5-15-9/h8-13H,1-7H2. The van der Waals surface area contributed by atoms with Gasteiger partial charge in [0.25, 0.3) is 0 Å². The second-order valence-electron chi connectivity index (χ2n) is 4.42. The topological polar surface area (TPSA) is 84.0 Å². The first-order valence-electron chi connectivity index (χ1n) is 6.06. The van der Waals surface area contributed by atoms with Gasteiger partial charge in [-0.15, -0.1) is 0 Å². The molecule has 4 unspecified atom stereocenters. The number of ether oxygens (including phenoxy) is 4. The van der Waals surface area contributed by atoms with Crippen LogP contribution >= 0.6 is 0 Å². The lowest BCUT2D eigenvalue weighted by molar-refractivity contribution is -0.123. The fraction of sp³-hybridized carbons (Fsp3) is 1.00. The van der Waals surface area contributed by atoms with Crippen LogP contribution in [0, 0.1) is 0 Å². The van der Waals surface area contributed by atoms with E-state index < -0.39 is 12.6 Å². The predicted octanol–water partition coefficient (Wildman–Crippen LogP) is -0.376. The van der Waals surface area contributed by atoms with Gasteiger partial charge in [0.2, 0.25) is 0 Å². The van der Waals surface area contributed by atoms with Crippen LogP contribution in [0.1, 0.15) is 19.3 Å². The van der Waals surface area contributed by atoms with E-state index in [9.17, 15) is 10.2 Å². The molecule has 2 aliphatic rings. The number of rotatable bonds is 10. The summed E-state index contributed by atoms with van der Waals surface area (Å²) in [7, 11) is 0. The molecule has 2 N–H and O–H groups in total. The number of hydrogen-bond acceptors (Lipinski definition) is 6. The van der Waals surface area contributed by atoms with Crippen LogP contribution in [0.25, 0.3) is 0 Å². The summed E-state index contributed by atoms with van der Waals surface area (Å²) in [6.45, 7) is 2.34. The van der Waals surface area contributed by atoms with Crippen LogP contribution in [-0.4, -0.2) is 61.4 Å². The van der Waals surface area contributed by atoms with E-state index in [0.717, 1.165) is 13.2 Å². The first-order chi connectivity index (χ1) is 8.24. The van der Waals surface area contributed by atoms with E-state index in [4.69, 9.17) is 18.9 Å². The van der Waals surface area contributed by atoms with Gasteiger partial charge in [-0.25, -0.2) is 0 Å². The van der Waals surface area contributed by atoms with Gasteiger partial charge in [-0.3, -0.25) is 0 Å². The van der Waals surface area contributed by atoms with Crippen molar-refractivity contribution in [1.29, 1.82) is 0 Å². The van der Waals surface area contributed by atoms with Gasteiger partial charge in [-0.2, -0.15) is 0 Å². The summed E-state index contributed by atoms with van der Waals surface area (Å²) in [6, 6.07) is 0. The van der Waals surface area contributed by atoms with Crippen molar-refractivity contribution in [1.82, 2.24) is 0 Å². The largest absolute Gasteiger partial charge is 0.371 e. The molecule has 2 heterocycles. The number of aliphatic hydroxyl groups excluding tert-OH is 2. The third kappa shape index (κ3) is 6.30. The molecule has 2 saturated heterocycles. The molecular formula is C11H20O6. The van der Waals surface area contributed by atoms with Crippen molar-refractivity contribution in [2.75, 3.05) is 26.4 Å². The van der Waals surface area contributed by atoms with Gasteiger partial charge in [0, 0.05) is 0 Å². The van der Waals surface area contributed by atoms with E-state index >= 15 is 0 Å². The zero-order chi connectivity index (χ0) is 12.1. The molecule has 0 bridgehead atoms. The molecule has 0 aromatic rings. The molecule has 0 saturated carbocycles. The summed E-state index contributed by atoms with van der Waals surface area (Å²) < 4.78 is 20.2. The zero-order valence-electron chi connectivity index (χ0n) is 9.79. The molecule has 6 heteroatoms. The average Bonchev–Trinajstić information content (AvgIpc) is 3.16. The number of aliphatic hydroxyl groups is 2. The van der Waals surface area contributed by atoms with Gasteiger partial charge in [0.05, 0.1) is 26.4 Å². The maximum Gasteiger partial charge on any atom is 0.154 e. The van der Waals surface area contributed by atoms with Crippen molar-refractivity contribution >= 4 is 0 Å². The predicted molar refractivity (Wildman–Crippen MR) is 57.2 cm³/mol. The molecule has 0 aromatic heterocycles. The van der Waals surface area contributed by atoms with E-state index in [0.29, 0.717) is 32.5 Å². The van der Waals surface area contributed by atoms with Crippen molar-refractivity contribution in [3.63, 3.8) is 0 Å². The minimum Gasteiger partial charge on any atom is -0.371 e. The van der Waals surface area contributed by atoms with Gasteiger partial charge < -0.3 is 29.2 Å². The second-order valence-corrected chi connectivity index (χ2v) is 4.42. The molecule has 0 spiro atoms. The lowest BCUT2D eigenvalue weighted by Crippen LogP contribution is -2.18. The SMILES string of the molecule is OC(CCCC(O)OCC1CO1)OCC1CO1. The molecule has 2 rings (SSSR count). The Morgan fingerprint density at radius 3 is 1.71 bits per heavy atom. The quantitative estimate of drug-likeness (QED) is 0.405. The van der Waals surface area contributed by atoms with E-state index in [1.54, 1.807) is 0 Å². The summed E-state index contributed by atoms with van der Waals surface area (Å²) in [5, 5.41) is 18.9. The molecule has 17 heavy (non-hydrogen) atoms. The first-order valence-corrected chi connectivity index (χ1v) is 6.06. The minimum atomic E-state index is -0.779. The third-order valence-electron chi connectivity index (χ3n) is 2.66. The van der Waals surface area contributed by atoms with E-state index in [2.05, 4.69) is 0 Å². The average molecular weight is 248 g/mol. The van der Waals surface area contributed by atoms with Crippen LogP contribution in [0.5, 0.6) is 0 Å². The smallest absolute Gasteiger partial charge is 0.154 e. The van der Waals surface area contributed by atoms with Crippen molar-refractivity contribution in [3.05, 3.63) is 0 Å². The van der Waals surface area contributed by atoms with Crippen molar-refractivity contribution in [2.45, 2.75) is 44.1 Å². The Kier molecular flexibility index (Phi) is 5.15. The monoisotopic (exact) mass is 248 g/mol. The molecule has 0 aliphatic carbocycles. The van der Waals surface area contributed by atoms with Crippen LogP contribution in [0.15, 0.2) is 0 Å².